The minimum Gasteiger partial charge on any atom is -0.364 e. The van der Waals surface area contributed by atoms with E-state index in [9.17, 15) is 18.8 Å². The van der Waals surface area contributed by atoms with Crippen molar-refractivity contribution in [2.75, 3.05) is 46.1 Å². The second-order valence-electron chi connectivity index (χ2n) is 8.39. The van der Waals surface area contributed by atoms with Crippen molar-refractivity contribution >= 4 is 29.2 Å². The van der Waals surface area contributed by atoms with Gasteiger partial charge in [0.05, 0.1) is 17.9 Å². The lowest BCUT2D eigenvalue weighted by Crippen LogP contribution is -2.38. The van der Waals surface area contributed by atoms with E-state index in [1.54, 1.807) is 33.0 Å². The molecular formula is C24H32FN7O3. The molecule has 0 radical (unpaired) electrons. The lowest BCUT2D eigenvalue weighted by molar-refractivity contribution is -0.131. The number of likely N-dealkylation sites (N-methyl/N-ethyl adjacent to an activating group) is 2. The van der Waals surface area contributed by atoms with Gasteiger partial charge in [0, 0.05) is 31.9 Å². The number of nitrogens with zero attached hydrogens (tertiary/aromatic N) is 4. The number of benzene rings is 1. The molecule has 11 heteroatoms. The molecule has 35 heavy (non-hydrogen) atoms. The Balaban J connectivity index is 1.97. The molecule has 4 N–H and O–H groups in total. The normalized spacial score (nSPS) is 11.1. The standard InChI is InChI=1S/C24H32FN7O3/c1-15-16(2)29-24(22(28-15)23(26)35)30-19-12-17(11-18(25)13-19)8-9-27-20(33)14-32(5)21(34)7-6-10-31(3)4/h6-7,11-13H,8-10,14H2,1-5H3,(H2,26,35)(H,27,33)(H,29,30)/b7-6+. The topological polar surface area (TPSA) is 134 Å². The third-order valence-electron chi connectivity index (χ3n) is 4.98. The Labute approximate surface area is 204 Å². The summed E-state index contributed by atoms with van der Waals surface area (Å²) in [5.74, 6) is -1.71. The molecule has 1 aromatic heterocycles. The Morgan fingerprint density at radius 2 is 1.77 bits per heavy atom. The van der Waals surface area contributed by atoms with Crippen molar-refractivity contribution in [2.24, 2.45) is 5.73 Å². The van der Waals surface area contributed by atoms with E-state index in [1.807, 2.05) is 19.0 Å². The number of amides is 3. The van der Waals surface area contributed by atoms with Crippen LogP contribution in [0, 0.1) is 19.7 Å². The van der Waals surface area contributed by atoms with E-state index >= 15 is 0 Å². The zero-order valence-electron chi connectivity index (χ0n) is 20.7. The van der Waals surface area contributed by atoms with Gasteiger partial charge in [-0.15, -0.1) is 0 Å². The van der Waals surface area contributed by atoms with Gasteiger partial charge in [0.1, 0.15) is 5.82 Å². The van der Waals surface area contributed by atoms with E-state index in [2.05, 4.69) is 20.6 Å². The Kier molecular flexibility index (Phi) is 9.83. The minimum absolute atomic E-state index is 0.0404. The van der Waals surface area contributed by atoms with Crippen LogP contribution in [-0.4, -0.2) is 78.3 Å². The van der Waals surface area contributed by atoms with Crippen molar-refractivity contribution in [3.8, 4) is 0 Å². The lowest BCUT2D eigenvalue weighted by Gasteiger charge is -2.15. The number of primary amides is 1. The van der Waals surface area contributed by atoms with E-state index in [0.29, 0.717) is 35.6 Å². The molecule has 10 nitrogen and oxygen atoms in total. The highest BCUT2D eigenvalue weighted by molar-refractivity contribution is 5.96. The van der Waals surface area contributed by atoms with Crippen LogP contribution in [0.1, 0.15) is 27.4 Å². The molecule has 0 saturated carbocycles. The van der Waals surface area contributed by atoms with E-state index in [1.165, 1.54) is 23.1 Å². The predicted molar refractivity (Wildman–Crippen MR) is 132 cm³/mol. The van der Waals surface area contributed by atoms with Gasteiger partial charge in [-0.3, -0.25) is 14.4 Å². The molecule has 0 atom stereocenters. The molecule has 1 aromatic carbocycles. The van der Waals surface area contributed by atoms with Gasteiger partial charge < -0.3 is 26.2 Å². The Morgan fingerprint density at radius 1 is 1.09 bits per heavy atom. The smallest absolute Gasteiger partial charge is 0.271 e. The Bertz CT molecular complexity index is 1120. The molecule has 0 aliphatic heterocycles. The fraction of sp³-hybridized carbons (Fsp3) is 0.375. The number of carbonyl (C=O) groups excluding carboxylic acids is 3. The Hall–Kier alpha value is -3.86. The van der Waals surface area contributed by atoms with Gasteiger partial charge in [0.25, 0.3) is 5.91 Å². The maximum absolute atomic E-state index is 14.2. The monoisotopic (exact) mass is 485 g/mol. The molecule has 0 saturated heterocycles. The number of aromatic nitrogens is 2. The molecule has 0 aliphatic rings. The number of rotatable bonds is 11. The highest BCUT2D eigenvalue weighted by Crippen LogP contribution is 2.21. The predicted octanol–water partition coefficient (Wildman–Crippen LogP) is 1.31. The van der Waals surface area contributed by atoms with Crippen LogP contribution >= 0.6 is 0 Å². The van der Waals surface area contributed by atoms with Crippen LogP contribution in [0.5, 0.6) is 0 Å². The summed E-state index contributed by atoms with van der Waals surface area (Å²) in [7, 11) is 5.32. The number of carbonyl (C=O) groups is 3. The van der Waals surface area contributed by atoms with E-state index in [-0.39, 0.29) is 36.4 Å². The quantitative estimate of drug-likeness (QED) is 0.409. The van der Waals surface area contributed by atoms with Gasteiger partial charge in [-0.05, 0) is 58.1 Å². The summed E-state index contributed by atoms with van der Waals surface area (Å²) in [6.07, 6.45) is 3.50. The van der Waals surface area contributed by atoms with Crippen molar-refractivity contribution in [1.82, 2.24) is 25.1 Å². The summed E-state index contributed by atoms with van der Waals surface area (Å²) in [5, 5.41) is 5.64. The number of hydrogen-bond acceptors (Lipinski definition) is 7. The Morgan fingerprint density at radius 3 is 2.43 bits per heavy atom. The van der Waals surface area contributed by atoms with Crippen molar-refractivity contribution in [2.45, 2.75) is 20.3 Å². The zero-order valence-corrected chi connectivity index (χ0v) is 20.7. The molecule has 0 aliphatic carbocycles. The third kappa shape index (κ3) is 8.78. The van der Waals surface area contributed by atoms with Gasteiger partial charge in [0.2, 0.25) is 11.8 Å². The molecule has 0 spiro atoms. The van der Waals surface area contributed by atoms with Gasteiger partial charge in [-0.2, -0.15) is 0 Å². The molecule has 0 unspecified atom stereocenters. The summed E-state index contributed by atoms with van der Waals surface area (Å²) in [4.78, 5) is 47.7. The second-order valence-corrected chi connectivity index (χ2v) is 8.39. The third-order valence-corrected chi connectivity index (χ3v) is 4.98. The summed E-state index contributed by atoms with van der Waals surface area (Å²) >= 11 is 0. The van der Waals surface area contributed by atoms with Crippen LogP contribution in [0.15, 0.2) is 30.4 Å². The van der Waals surface area contributed by atoms with E-state index < -0.39 is 11.7 Å². The van der Waals surface area contributed by atoms with Gasteiger partial charge in [-0.25, -0.2) is 14.4 Å². The van der Waals surface area contributed by atoms with E-state index in [0.717, 1.165) is 0 Å². The van der Waals surface area contributed by atoms with Crippen molar-refractivity contribution in [1.29, 1.82) is 0 Å². The van der Waals surface area contributed by atoms with Gasteiger partial charge >= 0.3 is 0 Å². The molecule has 2 aromatic rings. The average molecular weight is 486 g/mol. The molecule has 0 bridgehead atoms. The highest BCUT2D eigenvalue weighted by atomic mass is 19.1. The van der Waals surface area contributed by atoms with Crippen LogP contribution < -0.4 is 16.4 Å². The van der Waals surface area contributed by atoms with Crippen molar-refractivity contribution in [3.63, 3.8) is 0 Å². The molecule has 2 rings (SSSR count). The van der Waals surface area contributed by atoms with Gasteiger partial charge in [0.15, 0.2) is 11.5 Å². The van der Waals surface area contributed by atoms with E-state index in [4.69, 9.17) is 5.73 Å². The number of nitrogens with one attached hydrogen (secondary N) is 2. The summed E-state index contributed by atoms with van der Waals surface area (Å²) in [6.45, 7) is 4.22. The first-order valence-electron chi connectivity index (χ1n) is 11.0. The first kappa shape index (κ1) is 27.4. The number of hydrogen-bond donors (Lipinski definition) is 3. The molecule has 3 amide bonds. The number of anilines is 2. The van der Waals surface area contributed by atoms with Gasteiger partial charge in [-0.1, -0.05) is 6.08 Å². The molecule has 188 valence electrons. The average Bonchev–Trinajstić information content (AvgIpc) is 2.75. The first-order valence-corrected chi connectivity index (χ1v) is 11.0. The molecular weight excluding hydrogens is 453 g/mol. The molecule has 1 heterocycles. The largest absolute Gasteiger partial charge is 0.364 e. The van der Waals surface area contributed by atoms with Crippen LogP contribution in [0.25, 0.3) is 0 Å². The fourth-order valence-corrected chi connectivity index (χ4v) is 3.05. The van der Waals surface area contributed by atoms with Crippen LogP contribution in [0.3, 0.4) is 0 Å². The minimum atomic E-state index is -0.751. The molecule has 0 fully saturated rings. The summed E-state index contributed by atoms with van der Waals surface area (Å²) in [6, 6.07) is 4.29. The highest BCUT2D eigenvalue weighted by Gasteiger charge is 2.15. The fourth-order valence-electron chi connectivity index (χ4n) is 3.05. The number of aryl methyl sites for hydroxylation is 2. The van der Waals surface area contributed by atoms with Crippen molar-refractivity contribution in [3.05, 3.63) is 58.8 Å². The number of halogens is 1. The zero-order chi connectivity index (χ0) is 26.1. The maximum Gasteiger partial charge on any atom is 0.271 e. The second kappa shape index (κ2) is 12.6. The van der Waals surface area contributed by atoms with Crippen LogP contribution in [-0.2, 0) is 16.0 Å². The maximum atomic E-state index is 14.2. The summed E-state index contributed by atoms with van der Waals surface area (Å²) in [5.41, 5.74) is 7.51. The first-order chi connectivity index (χ1) is 16.5. The number of nitrogens with two attached hydrogens (primary N) is 1. The van der Waals surface area contributed by atoms with Crippen LogP contribution in [0.2, 0.25) is 0 Å². The van der Waals surface area contributed by atoms with Crippen molar-refractivity contribution < 1.29 is 18.8 Å². The lowest BCUT2D eigenvalue weighted by atomic mass is 10.1. The van der Waals surface area contributed by atoms with Crippen LogP contribution in [0.4, 0.5) is 15.9 Å². The summed E-state index contributed by atoms with van der Waals surface area (Å²) < 4.78 is 14.2. The SMILES string of the molecule is Cc1nc(Nc2cc(F)cc(CCNC(=O)CN(C)C(=O)/C=C/CN(C)C)c2)c(C(N)=O)nc1C.